The molecule has 0 N–H and O–H groups in total. The van der Waals surface area contributed by atoms with Gasteiger partial charge in [0.05, 0.1) is 16.6 Å². The SMILES string of the molecule is Cc1ccc(-n2c(C=Cc3ccccc3)nc3ccc(I)cc3c2=O)c(C)c1. The fourth-order valence-electron chi connectivity index (χ4n) is 3.31. The number of nitrogens with zero attached hydrogens (tertiary/aromatic N) is 2. The summed E-state index contributed by atoms with van der Waals surface area (Å²) in [6.07, 6.45) is 3.90. The van der Waals surface area contributed by atoms with Crippen LogP contribution in [0.4, 0.5) is 0 Å². The normalized spacial score (nSPS) is 11.4. The van der Waals surface area contributed by atoms with E-state index < -0.39 is 0 Å². The Morgan fingerprint density at radius 3 is 2.46 bits per heavy atom. The molecule has 3 aromatic carbocycles. The van der Waals surface area contributed by atoms with Crippen LogP contribution in [0.15, 0.2) is 71.5 Å². The zero-order chi connectivity index (χ0) is 19.7. The van der Waals surface area contributed by atoms with Crippen molar-refractivity contribution in [3.63, 3.8) is 0 Å². The molecule has 0 unspecified atom stereocenters. The van der Waals surface area contributed by atoms with E-state index in [-0.39, 0.29) is 5.56 Å². The van der Waals surface area contributed by atoms with E-state index in [0.717, 1.165) is 20.4 Å². The van der Waals surface area contributed by atoms with Gasteiger partial charge in [-0.25, -0.2) is 4.98 Å². The number of benzene rings is 3. The topological polar surface area (TPSA) is 34.9 Å². The van der Waals surface area contributed by atoms with Gasteiger partial charge < -0.3 is 0 Å². The Morgan fingerprint density at radius 2 is 1.71 bits per heavy atom. The van der Waals surface area contributed by atoms with Crippen LogP contribution < -0.4 is 5.56 Å². The van der Waals surface area contributed by atoms with Gasteiger partial charge in [-0.15, -0.1) is 0 Å². The molecule has 138 valence electrons. The Labute approximate surface area is 177 Å². The number of hydrogen-bond donors (Lipinski definition) is 0. The Kier molecular flexibility index (Phi) is 5.13. The molecule has 0 aliphatic rings. The van der Waals surface area contributed by atoms with Crippen LogP contribution in [-0.2, 0) is 0 Å². The van der Waals surface area contributed by atoms with Crippen molar-refractivity contribution >= 4 is 45.6 Å². The van der Waals surface area contributed by atoms with Crippen LogP contribution in [0.3, 0.4) is 0 Å². The second-order valence-electron chi connectivity index (χ2n) is 6.81. The molecule has 4 aromatic rings. The van der Waals surface area contributed by atoms with E-state index in [1.54, 1.807) is 4.57 Å². The van der Waals surface area contributed by atoms with E-state index in [1.807, 2.05) is 79.7 Å². The summed E-state index contributed by atoms with van der Waals surface area (Å²) in [5.74, 6) is 0.620. The van der Waals surface area contributed by atoms with Crippen molar-refractivity contribution in [3.05, 3.63) is 103 Å². The number of aryl methyl sites for hydroxylation is 2. The molecule has 0 saturated heterocycles. The van der Waals surface area contributed by atoms with Gasteiger partial charge in [0.25, 0.3) is 5.56 Å². The van der Waals surface area contributed by atoms with Gasteiger partial charge in [-0.3, -0.25) is 9.36 Å². The molecule has 0 atom stereocenters. The number of halogens is 1. The molecule has 3 nitrogen and oxygen atoms in total. The molecule has 0 saturated carbocycles. The van der Waals surface area contributed by atoms with E-state index >= 15 is 0 Å². The summed E-state index contributed by atoms with van der Waals surface area (Å²) >= 11 is 2.23. The molecule has 0 radical (unpaired) electrons. The second kappa shape index (κ2) is 7.72. The molecule has 0 amide bonds. The number of hydrogen-bond acceptors (Lipinski definition) is 2. The summed E-state index contributed by atoms with van der Waals surface area (Å²) in [7, 11) is 0. The first kappa shape index (κ1) is 18.6. The third-order valence-corrected chi connectivity index (χ3v) is 5.34. The lowest BCUT2D eigenvalue weighted by molar-refractivity contribution is 0.933. The van der Waals surface area contributed by atoms with E-state index in [4.69, 9.17) is 4.98 Å². The predicted octanol–water partition coefficient (Wildman–Crippen LogP) is 5.78. The zero-order valence-electron chi connectivity index (χ0n) is 15.7. The van der Waals surface area contributed by atoms with Crippen molar-refractivity contribution in [3.8, 4) is 5.69 Å². The minimum atomic E-state index is -0.0526. The summed E-state index contributed by atoms with van der Waals surface area (Å²) in [4.78, 5) is 18.2. The van der Waals surface area contributed by atoms with Crippen LogP contribution in [0.1, 0.15) is 22.5 Å². The molecule has 4 rings (SSSR count). The molecule has 0 spiro atoms. The summed E-state index contributed by atoms with van der Waals surface area (Å²) in [5.41, 5.74) is 4.78. The minimum absolute atomic E-state index is 0.0526. The van der Waals surface area contributed by atoms with Crippen LogP contribution in [-0.4, -0.2) is 9.55 Å². The third-order valence-electron chi connectivity index (χ3n) is 4.67. The van der Waals surface area contributed by atoms with Crippen molar-refractivity contribution in [1.29, 1.82) is 0 Å². The van der Waals surface area contributed by atoms with Gasteiger partial charge in [0.2, 0.25) is 0 Å². The van der Waals surface area contributed by atoms with E-state index in [1.165, 1.54) is 5.56 Å². The van der Waals surface area contributed by atoms with Crippen LogP contribution in [0, 0.1) is 17.4 Å². The molecule has 0 fully saturated rings. The quantitative estimate of drug-likeness (QED) is 0.350. The lowest BCUT2D eigenvalue weighted by Crippen LogP contribution is -2.23. The monoisotopic (exact) mass is 478 g/mol. The van der Waals surface area contributed by atoms with Gasteiger partial charge in [0, 0.05) is 3.57 Å². The number of aromatic nitrogens is 2. The van der Waals surface area contributed by atoms with Gasteiger partial charge in [0.15, 0.2) is 0 Å². The number of fused-ring (bicyclic) bond motifs is 1. The van der Waals surface area contributed by atoms with Crippen molar-refractivity contribution in [2.24, 2.45) is 0 Å². The molecule has 4 heteroatoms. The summed E-state index contributed by atoms with van der Waals surface area (Å²) in [5, 5.41) is 0.628. The second-order valence-corrected chi connectivity index (χ2v) is 8.05. The van der Waals surface area contributed by atoms with Crippen LogP contribution in [0.2, 0.25) is 0 Å². The zero-order valence-corrected chi connectivity index (χ0v) is 17.8. The van der Waals surface area contributed by atoms with E-state index in [0.29, 0.717) is 16.7 Å². The molecule has 0 aliphatic heterocycles. The minimum Gasteiger partial charge on any atom is -0.268 e. The van der Waals surface area contributed by atoms with Crippen LogP contribution in [0.25, 0.3) is 28.7 Å². The highest BCUT2D eigenvalue weighted by atomic mass is 127. The maximum atomic E-state index is 13.4. The summed E-state index contributed by atoms with van der Waals surface area (Å²) in [6, 6.07) is 21.9. The lowest BCUT2D eigenvalue weighted by atomic mass is 10.1. The Hall–Kier alpha value is -2.73. The van der Waals surface area contributed by atoms with Crippen molar-refractivity contribution < 1.29 is 0 Å². The molecule has 0 bridgehead atoms. The first-order chi connectivity index (χ1) is 13.5. The van der Waals surface area contributed by atoms with E-state index in [9.17, 15) is 4.79 Å². The molecule has 28 heavy (non-hydrogen) atoms. The van der Waals surface area contributed by atoms with E-state index in [2.05, 4.69) is 35.6 Å². The molecule has 1 aromatic heterocycles. The molecule has 1 heterocycles. The molecular formula is C24H19IN2O. The smallest absolute Gasteiger partial charge is 0.266 e. The molecule has 0 aliphatic carbocycles. The predicted molar refractivity (Wildman–Crippen MR) is 125 cm³/mol. The van der Waals surface area contributed by atoms with Gasteiger partial charge in [-0.05, 0) is 77.9 Å². The Morgan fingerprint density at radius 1 is 0.929 bits per heavy atom. The Bertz CT molecular complexity index is 1260. The lowest BCUT2D eigenvalue weighted by Gasteiger charge is -2.14. The average molecular weight is 478 g/mol. The standard InChI is InChI=1S/C24H19IN2O/c1-16-8-12-22(17(2)14-16)27-23(13-9-18-6-4-3-5-7-18)26-21-11-10-19(25)15-20(21)24(27)28/h3-15H,1-2H3. The van der Waals surface area contributed by atoms with Crippen molar-refractivity contribution in [1.82, 2.24) is 9.55 Å². The van der Waals surface area contributed by atoms with Gasteiger partial charge in [0.1, 0.15) is 5.82 Å². The summed E-state index contributed by atoms with van der Waals surface area (Å²) in [6.45, 7) is 4.08. The van der Waals surface area contributed by atoms with Gasteiger partial charge in [-0.2, -0.15) is 0 Å². The fraction of sp³-hybridized carbons (Fsp3) is 0.0833. The maximum Gasteiger partial charge on any atom is 0.266 e. The highest BCUT2D eigenvalue weighted by Gasteiger charge is 2.13. The highest BCUT2D eigenvalue weighted by molar-refractivity contribution is 14.1. The first-order valence-electron chi connectivity index (χ1n) is 9.06. The summed E-state index contributed by atoms with van der Waals surface area (Å²) < 4.78 is 2.73. The average Bonchev–Trinajstić information content (AvgIpc) is 2.69. The first-order valence-corrected chi connectivity index (χ1v) is 10.1. The highest BCUT2D eigenvalue weighted by Crippen LogP contribution is 2.20. The third kappa shape index (κ3) is 3.64. The molecular weight excluding hydrogens is 459 g/mol. The van der Waals surface area contributed by atoms with Crippen molar-refractivity contribution in [2.75, 3.05) is 0 Å². The van der Waals surface area contributed by atoms with Crippen LogP contribution >= 0.6 is 22.6 Å². The Balaban J connectivity index is 2.00. The maximum absolute atomic E-state index is 13.4. The largest absolute Gasteiger partial charge is 0.268 e. The van der Waals surface area contributed by atoms with Crippen molar-refractivity contribution in [2.45, 2.75) is 13.8 Å². The van der Waals surface area contributed by atoms with Gasteiger partial charge >= 0.3 is 0 Å². The van der Waals surface area contributed by atoms with Gasteiger partial charge in [-0.1, -0.05) is 54.1 Å². The number of rotatable bonds is 3. The fourth-order valence-corrected chi connectivity index (χ4v) is 3.80. The van der Waals surface area contributed by atoms with Crippen LogP contribution in [0.5, 0.6) is 0 Å².